The second-order valence-electron chi connectivity index (χ2n) is 8.82. The van der Waals surface area contributed by atoms with E-state index < -0.39 is 30.1 Å². The Balaban J connectivity index is 1.59. The fraction of sp³-hybridized carbons (Fsp3) is 0.182. The molecule has 0 aliphatic rings. The van der Waals surface area contributed by atoms with Gasteiger partial charge in [-0.25, -0.2) is 4.79 Å². The summed E-state index contributed by atoms with van der Waals surface area (Å²) in [4.78, 5) is 35.8. The van der Waals surface area contributed by atoms with E-state index >= 15 is 0 Å². The van der Waals surface area contributed by atoms with Crippen LogP contribution in [0.2, 0.25) is 0 Å². The van der Waals surface area contributed by atoms with Crippen LogP contribution >= 0.6 is 0 Å². The Hall–Kier alpha value is -5.19. The molecule has 224 valence electrons. The molecule has 0 aliphatic heterocycles. The second-order valence-corrected chi connectivity index (χ2v) is 8.82. The van der Waals surface area contributed by atoms with E-state index in [1.165, 1.54) is 18.2 Å². The van der Waals surface area contributed by atoms with E-state index in [-0.39, 0.29) is 25.3 Å². The molecule has 0 saturated carbocycles. The highest BCUT2D eigenvalue weighted by atomic mass is 16.7. The first-order chi connectivity index (χ1) is 20.9. The van der Waals surface area contributed by atoms with Crippen LogP contribution in [-0.4, -0.2) is 43.6 Å². The maximum atomic E-state index is 12.3. The summed E-state index contributed by atoms with van der Waals surface area (Å²) in [5, 5.41) is 8.77. The van der Waals surface area contributed by atoms with Crippen molar-refractivity contribution in [2.24, 2.45) is 0 Å². The highest BCUT2D eigenvalue weighted by molar-refractivity contribution is 5.84. The van der Waals surface area contributed by atoms with Gasteiger partial charge in [0, 0.05) is 0 Å². The zero-order valence-corrected chi connectivity index (χ0v) is 23.6. The van der Waals surface area contributed by atoms with Crippen LogP contribution in [0.1, 0.15) is 29.5 Å². The predicted octanol–water partition coefficient (Wildman–Crippen LogP) is 5.57. The number of ether oxygens (including phenoxy) is 5. The van der Waals surface area contributed by atoms with E-state index in [1.807, 2.05) is 90.4 Å². The number of allylic oxidation sites excluding steroid dienone is 3. The number of hydrogen-bond acceptors (Lipinski definition) is 10. The van der Waals surface area contributed by atoms with Gasteiger partial charge in [-0.2, -0.15) is 0 Å². The largest absolute Gasteiger partial charge is 0.521 e. The fourth-order valence-electron chi connectivity index (χ4n) is 4.10. The maximum Gasteiger partial charge on any atom is 0.521 e. The van der Waals surface area contributed by atoms with Gasteiger partial charge in [0.05, 0.1) is 38.5 Å². The van der Waals surface area contributed by atoms with Crippen LogP contribution in [0.3, 0.4) is 0 Å². The van der Waals surface area contributed by atoms with E-state index in [9.17, 15) is 14.4 Å². The van der Waals surface area contributed by atoms with Crippen molar-refractivity contribution in [3.05, 3.63) is 138 Å². The molecule has 0 heterocycles. The van der Waals surface area contributed by atoms with Crippen LogP contribution in [-0.2, 0) is 34.1 Å². The third kappa shape index (κ3) is 9.42. The standard InChI is InChI=1S/C33H33NO9/c1-3-28(34-38)15-10-22-41-32(37)43-31(36)21-20-30(35)40-23-24-42-33(25-11-6-4-7-12-25,26-13-8-5-9-14-26)27-16-18-29(39-2)19-17-27/h3-19,22,34,38H,1,20-21,23-24H2,2H3/b22-10+,28-15+. The van der Waals surface area contributed by atoms with Crippen LogP contribution in [0.15, 0.2) is 122 Å². The van der Waals surface area contributed by atoms with Gasteiger partial charge in [0.25, 0.3) is 0 Å². The third-order valence-corrected chi connectivity index (χ3v) is 6.12. The lowest BCUT2D eigenvalue weighted by Crippen LogP contribution is -2.34. The molecular weight excluding hydrogens is 554 g/mol. The van der Waals surface area contributed by atoms with E-state index in [1.54, 1.807) is 7.11 Å². The van der Waals surface area contributed by atoms with Crippen molar-refractivity contribution in [1.29, 1.82) is 0 Å². The molecule has 2 N–H and O–H groups in total. The Morgan fingerprint density at radius 1 is 0.837 bits per heavy atom. The van der Waals surface area contributed by atoms with E-state index in [0.29, 0.717) is 5.75 Å². The highest BCUT2D eigenvalue weighted by Crippen LogP contribution is 2.40. The fourth-order valence-corrected chi connectivity index (χ4v) is 4.10. The molecule has 43 heavy (non-hydrogen) atoms. The number of carbonyl (C=O) groups excluding carboxylic acids is 3. The van der Waals surface area contributed by atoms with Crippen LogP contribution < -0.4 is 10.2 Å². The Labute approximate surface area is 249 Å². The average molecular weight is 588 g/mol. The third-order valence-electron chi connectivity index (χ3n) is 6.12. The summed E-state index contributed by atoms with van der Waals surface area (Å²) in [6.45, 7) is 3.40. The Morgan fingerprint density at radius 2 is 1.42 bits per heavy atom. The molecule has 0 spiro atoms. The summed E-state index contributed by atoms with van der Waals surface area (Å²) in [6.07, 6.45) is 2.91. The van der Waals surface area contributed by atoms with E-state index in [4.69, 9.17) is 19.4 Å². The molecule has 0 bridgehead atoms. The number of hydrogen-bond donors (Lipinski definition) is 2. The Morgan fingerprint density at radius 3 is 1.98 bits per heavy atom. The van der Waals surface area contributed by atoms with Gasteiger partial charge in [-0.05, 0) is 47.1 Å². The van der Waals surface area contributed by atoms with Crippen LogP contribution in [0.5, 0.6) is 5.75 Å². The first kappa shape index (κ1) is 32.3. The molecule has 0 unspecified atom stereocenters. The first-order valence-electron chi connectivity index (χ1n) is 13.3. The minimum Gasteiger partial charge on any atom is -0.497 e. The van der Waals surface area contributed by atoms with Crippen molar-refractivity contribution in [2.45, 2.75) is 18.4 Å². The summed E-state index contributed by atoms with van der Waals surface area (Å²) < 4.78 is 26.3. The lowest BCUT2D eigenvalue weighted by atomic mass is 9.80. The minimum absolute atomic E-state index is 0.0402. The number of hydroxylamine groups is 1. The zero-order valence-electron chi connectivity index (χ0n) is 23.6. The van der Waals surface area contributed by atoms with Crippen LogP contribution in [0.25, 0.3) is 0 Å². The van der Waals surface area contributed by atoms with Gasteiger partial charge >= 0.3 is 18.1 Å². The second kappa shape index (κ2) is 16.9. The zero-order chi connectivity index (χ0) is 30.9. The highest BCUT2D eigenvalue weighted by Gasteiger charge is 2.37. The normalized spacial score (nSPS) is 11.4. The molecule has 3 aromatic carbocycles. The van der Waals surface area contributed by atoms with Crippen LogP contribution in [0, 0.1) is 0 Å². The number of nitrogens with one attached hydrogen (secondary N) is 1. The maximum absolute atomic E-state index is 12.3. The van der Waals surface area contributed by atoms with Gasteiger partial charge in [0.1, 0.15) is 18.0 Å². The summed E-state index contributed by atoms with van der Waals surface area (Å²) in [5.74, 6) is -0.926. The Bertz CT molecular complexity index is 1360. The first-order valence-corrected chi connectivity index (χ1v) is 13.3. The van der Waals surface area contributed by atoms with Crippen molar-refractivity contribution in [2.75, 3.05) is 20.3 Å². The van der Waals surface area contributed by atoms with Crippen molar-refractivity contribution >= 4 is 18.1 Å². The number of methoxy groups -OCH3 is 1. The van der Waals surface area contributed by atoms with Crippen molar-refractivity contribution in [3.8, 4) is 5.75 Å². The Kier molecular flexibility index (Phi) is 12.7. The molecule has 0 radical (unpaired) electrons. The lowest BCUT2D eigenvalue weighted by Gasteiger charge is -2.36. The average Bonchev–Trinajstić information content (AvgIpc) is 3.05. The predicted molar refractivity (Wildman–Crippen MR) is 157 cm³/mol. The SMILES string of the molecule is C=C/C(=C\C=C\OC(=O)OC(=O)CCC(=O)OCCOC(c1ccccc1)(c1ccccc1)c1ccc(OC)cc1)NO. The lowest BCUT2D eigenvalue weighted by molar-refractivity contribution is -0.150. The monoisotopic (exact) mass is 587 g/mol. The van der Waals surface area contributed by atoms with Gasteiger partial charge in [-0.3, -0.25) is 20.3 Å². The quantitative estimate of drug-likeness (QED) is 0.0443. The smallest absolute Gasteiger partial charge is 0.497 e. The summed E-state index contributed by atoms with van der Waals surface area (Å²) in [5.41, 5.74) is 3.70. The van der Waals surface area contributed by atoms with E-state index in [2.05, 4.69) is 16.1 Å². The molecule has 0 aliphatic carbocycles. The molecule has 0 aromatic heterocycles. The van der Waals surface area contributed by atoms with E-state index in [0.717, 1.165) is 23.0 Å². The van der Waals surface area contributed by atoms with Crippen molar-refractivity contribution < 1.29 is 43.3 Å². The minimum atomic E-state index is -1.27. The molecule has 0 saturated heterocycles. The number of carbonyl (C=O) groups is 3. The van der Waals surface area contributed by atoms with Crippen LogP contribution in [0.4, 0.5) is 4.79 Å². The molecule has 3 rings (SSSR count). The topological polar surface area (TPSA) is 130 Å². The van der Waals surface area contributed by atoms with Gasteiger partial charge < -0.3 is 23.7 Å². The molecular formula is C33H33NO9. The van der Waals surface area contributed by atoms with Crippen molar-refractivity contribution in [1.82, 2.24) is 5.48 Å². The van der Waals surface area contributed by atoms with Gasteiger partial charge in [-0.1, -0.05) is 79.4 Å². The molecule has 10 nitrogen and oxygen atoms in total. The molecule has 3 aromatic rings. The molecule has 0 amide bonds. The van der Waals surface area contributed by atoms with Gasteiger partial charge in [0.15, 0.2) is 0 Å². The van der Waals surface area contributed by atoms with Crippen molar-refractivity contribution in [3.63, 3.8) is 0 Å². The summed E-state index contributed by atoms with van der Waals surface area (Å²) >= 11 is 0. The number of benzene rings is 3. The van der Waals surface area contributed by atoms with Gasteiger partial charge in [-0.15, -0.1) is 0 Å². The molecule has 0 fully saturated rings. The summed E-state index contributed by atoms with van der Waals surface area (Å²) in [6, 6.07) is 27.0. The summed E-state index contributed by atoms with van der Waals surface area (Å²) in [7, 11) is 1.60. The number of esters is 2. The number of rotatable bonds is 15. The van der Waals surface area contributed by atoms with Gasteiger partial charge in [0.2, 0.25) is 0 Å². The molecule has 10 heteroatoms. The molecule has 0 atom stereocenters.